The summed E-state index contributed by atoms with van der Waals surface area (Å²) in [5.74, 6) is -1.33. The molecule has 6 heteroatoms. The zero-order valence-corrected chi connectivity index (χ0v) is 7.76. The SMILES string of the molecule is COC(=O)c1cc(F)c2[nH]c(=O)[nH]c2c1. The maximum absolute atomic E-state index is 13.4. The van der Waals surface area contributed by atoms with Gasteiger partial charge in [-0.15, -0.1) is 0 Å². The molecule has 2 rings (SSSR count). The normalized spacial score (nSPS) is 10.5. The number of nitrogens with one attached hydrogen (secondary N) is 2. The number of benzene rings is 1. The first-order valence-electron chi connectivity index (χ1n) is 4.11. The number of H-pyrrole nitrogens is 2. The molecule has 0 saturated heterocycles. The number of hydrogen-bond donors (Lipinski definition) is 2. The smallest absolute Gasteiger partial charge is 0.338 e. The van der Waals surface area contributed by atoms with Crippen molar-refractivity contribution in [2.24, 2.45) is 0 Å². The first-order chi connectivity index (χ1) is 7.11. The molecule has 78 valence electrons. The molecule has 1 aromatic heterocycles. The monoisotopic (exact) mass is 210 g/mol. The average Bonchev–Trinajstić information content (AvgIpc) is 2.58. The highest BCUT2D eigenvalue weighted by Crippen LogP contribution is 2.15. The number of ether oxygens (including phenoxy) is 1. The minimum Gasteiger partial charge on any atom is -0.465 e. The summed E-state index contributed by atoms with van der Waals surface area (Å²) >= 11 is 0. The van der Waals surface area contributed by atoms with Crippen LogP contribution in [0.3, 0.4) is 0 Å². The fourth-order valence-corrected chi connectivity index (χ4v) is 1.34. The molecule has 0 spiro atoms. The highest BCUT2D eigenvalue weighted by molar-refractivity contribution is 5.93. The summed E-state index contributed by atoms with van der Waals surface area (Å²) in [4.78, 5) is 26.7. The molecule has 15 heavy (non-hydrogen) atoms. The molecule has 1 aromatic carbocycles. The van der Waals surface area contributed by atoms with Crippen LogP contribution in [0.1, 0.15) is 10.4 Å². The summed E-state index contributed by atoms with van der Waals surface area (Å²) in [7, 11) is 1.20. The van der Waals surface area contributed by atoms with E-state index in [1.54, 1.807) is 0 Å². The minimum absolute atomic E-state index is 0.0488. The van der Waals surface area contributed by atoms with Gasteiger partial charge in [0.05, 0.1) is 18.2 Å². The Balaban J connectivity index is 2.71. The molecule has 2 N–H and O–H groups in total. The quantitative estimate of drug-likeness (QED) is 0.683. The van der Waals surface area contributed by atoms with Crippen LogP contribution in [0.4, 0.5) is 4.39 Å². The molecule has 0 bridgehead atoms. The molecular weight excluding hydrogens is 203 g/mol. The van der Waals surface area contributed by atoms with Crippen molar-refractivity contribution >= 4 is 17.0 Å². The summed E-state index contributed by atoms with van der Waals surface area (Å²) in [5.41, 5.74) is -0.184. The molecule has 0 radical (unpaired) electrons. The van der Waals surface area contributed by atoms with Crippen molar-refractivity contribution in [3.8, 4) is 0 Å². The maximum atomic E-state index is 13.4. The van der Waals surface area contributed by atoms with Crippen LogP contribution < -0.4 is 5.69 Å². The van der Waals surface area contributed by atoms with Crippen LogP contribution in [0.5, 0.6) is 0 Å². The molecule has 0 aliphatic rings. The van der Waals surface area contributed by atoms with Crippen molar-refractivity contribution in [3.63, 3.8) is 0 Å². The molecule has 0 atom stereocenters. The predicted octanol–water partition coefficient (Wildman–Crippen LogP) is 0.782. The molecule has 0 saturated carbocycles. The fourth-order valence-electron chi connectivity index (χ4n) is 1.34. The maximum Gasteiger partial charge on any atom is 0.338 e. The number of carbonyl (C=O) groups excluding carboxylic acids is 1. The number of esters is 1. The van der Waals surface area contributed by atoms with Gasteiger partial charge in [0.1, 0.15) is 11.3 Å². The highest BCUT2D eigenvalue weighted by atomic mass is 19.1. The number of carbonyl (C=O) groups is 1. The van der Waals surface area contributed by atoms with Crippen molar-refractivity contribution in [1.82, 2.24) is 9.97 Å². The summed E-state index contributed by atoms with van der Waals surface area (Å²) in [5, 5.41) is 0. The standard InChI is InChI=1S/C9H7FN2O3/c1-15-8(13)4-2-5(10)7-6(3-4)11-9(14)12-7/h2-3H,1H3,(H2,11,12,14). The van der Waals surface area contributed by atoms with Gasteiger partial charge in [-0.3, -0.25) is 0 Å². The van der Waals surface area contributed by atoms with E-state index in [1.807, 2.05) is 0 Å². The third-order valence-corrected chi connectivity index (χ3v) is 2.00. The van der Waals surface area contributed by atoms with E-state index in [4.69, 9.17) is 0 Å². The first-order valence-corrected chi connectivity index (χ1v) is 4.11. The third kappa shape index (κ3) is 1.50. The number of fused-ring (bicyclic) bond motifs is 1. The lowest BCUT2D eigenvalue weighted by atomic mass is 10.2. The zero-order chi connectivity index (χ0) is 11.0. The van der Waals surface area contributed by atoms with Crippen LogP contribution in [0.15, 0.2) is 16.9 Å². The molecule has 1 heterocycles. The van der Waals surface area contributed by atoms with Crippen LogP contribution in [-0.2, 0) is 4.74 Å². The van der Waals surface area contributed by atoms with E-state index in [0.29, 0.717) is 0 Å². The Morgan fingerprint density at radius 1 is 1.40 bits per heavy atom. The Kier molecular flexibility index (Phi) is 2.03. The summed E-state index contributed by atoms with van der Waals surface area (Å²) in [6.07, 6.45) is 0. The van der Waals surface area contributed by atoms with Gasteiger partial charge in [-0.2, -0.15) is 0 Å². The third-order valence-electron chi connectivity index (χ3n) is 2.00. The lowest BCUT2D eigenvalue weighted by molar-refractivity contribution is 0.0600. The molecule has 0 unspecified atom stereocenters. The van der Waals surface area contributed by atoms with Crippen molar-refractivity contribution < 1.29 is 13.9 Å². The van der Waals surface area contributed by atoms with Gasteiger partial charge < -0.3 is 14.7 Å². The first kappa shape index (κ1) is 9.45. The lowest BCUT2D eigenvalue weighted by Crippen LogP contribution is -2.01. The van der Waals surface area contributed by atoms with Crippen molar-refractivity contribution in [2.75, 3.05) is 7.11 Å². The van der Waals surface area contributed by atoms with Gasteiger partial charge in [-0.05, 0) is 12.1 Å². The van der Waals surface area contributed by atoms with Crippen LogP contribution in [0, 0.1) is 5.82 Å². The van der Waals surface area contributed by atoms with Crippen LogP contribution in [0.25, 0.3) is 11.0 Å². The Labute approximate surface area is 82.9 Å². The van der Waals surface area contributed by atoms with E-state index in [1.165, 1.54) is 13.2 Å². The Morgan fingerprint density at radius 3 is 2.80 bits per heavy atom. The lowest BCUT2D eigenvalue weighted by Gasteiger charge is -1.99. The zero-order valence-electron chi connectivity index (χ0n) is 7.76. The second-order valence-corrected chi connectivity index (χ2v) is 2.95. The topological polar surface area (TPSA) is 75.0 Å². The van der Waals surface area contributed by atoms with Gasteiger partial charge in [-0.25, -0.2) is 14.0 Å². The molecule has 0 aliphatic heterocycles. The number of aromatic nitrogens is 2. The van der Waals surface area contributed by atoms with E-state index in [9.17, 15) is 14.0 Å². The largest absolute Gasteiger partial charge is 0.465 e. The van der Waals surface area contributed by atoms with Gasteiger partial charge in [-0.1, -0.05) is 0 Å². The van der Waals surface area contributed by atoms with Crippen molar-refractivity contribution in [1.29, 1.82) is 0 Å². The number of halogens is 1. The molecule has 0 amide bonds. The summed E-state index contributed by atoms with van der Waals surface area (Å²) in [6, 6.07) is 2.36. The summed E-state index contributed by atoms with van der Waals surface area (Å²) < 4.78 is 17.8. The Bertz CT molecular complexity index is 585. The molecule has 0 fully saturated rings. The summed E-state index contributed by atoms with van der Waals surface area (Å²) in [6.45, 7) is 0. The Hall–Kier alpha value is -2.11. The number of hydrogen-bond acceptors (Lipinski definition) is 3. The van der Waals surface area contributed by atoms with E-state index >= 15 is 0 Å². The predicted molar refractivity (Wildman–Crippen MR) is 50.2 cm³/mol. The van der Waals surface area contributed by atoms with E-state index in [0.717, 1.165) is 6.07 Å². The second kappa shape index (κ2) is 3.23. The fraction of sp³-hybridized carbons (Fsp3) is 0.111. The average molecular weight is 210 g/mol. The number of methoxy groups -OCH3 is 1. The van der Waals surface area contributed by atoms with Crippen molar-refractivity contribution in [3.05, 3.63) is 34.0 Å². The number of imidazole rings is 1. The minimum atomic E-state index is -0.675. The Morgan fingerprint density at radius 2 is 2.13 bits per heavy atom. The van der Waals surface area contributed by atoms with Gasteiger partial charge in [0.2, 0.25) is 0 Å². The van der Waals surface area contributed by atoms with Gasteiger partial charge in [0, 0.05) is 0 Å². The highest BCUT2D eigenvalue weighted by Gasteiger charge is 2.12. The van der Waals surface area contributed by atoms with E-state index in [-0.39, 0.29) is 16.6 Å². The number of aromatic amines is 2. The van der Waals surface area contributed by atoms with Gasteiger partial charge in [0.25, 0.3) is 0 Å². The van der Waals surface area contributed by atoms with Crippen LogP contribution in [-0.4, -0.2) is 23.0 Å². The van der Waals surface area contributed by atoms with E-state index < -0.39 is 17.5 Å². The molecule has 0 aliphatic carbocycles. The van der Waals surface area contributed by atoms with Gasteiger partial charge >= 0.3 is 11.7 Å². The number of rotatable bonds is 1. The van der Waals surface area contributed by atoms with Gasteiger partial charge in [0.15, 0.2) is 0 Å². The van der Waals surface area contributed by atoms with E-state index in [2.05, 4.69) is 14.7 Å². The molecule has 5 nitrogen and oxygen atoms in total. The molecule has 2 aromatic rings. The molecular formula is C9H7FN2O3. The van der Waals surface area contributed by atoms with Crippen LogP contribution >= 0.6 is 0 Å². The van der Waals surface area contributed by atoms with Crippen molar-refractivity contribution in [2.45, 2.75) is 0 Å². The van der Waals surface area contributed by atoms with Crippen LogP contribution in [0.2, 0.25) is 0 Å². The second-order valence-electron chi connectivity index (χ2n) is 2.95.